The molecule has 0 fully saturated rings. The summed E-state index contributed by atoms with van der Waals surface area (Å²) in [7, 11) is 1.18. The molecule has 38 valence electrons. The first-order valence-electron chi connectivity index (χ1n) is 1.70. The molecule has 3 heteroatoms. The van der Waals surface area contributed by atoms with Crippen LogP contribution in [0.15, 0.2) is 0 Å². The first kappa shape index (κ1) is 5.82. The van der Waals surface area contributed by atoms with Crippen molar-refractivity contribution in [2.45, 2.75) is 0 Å². The molecule has 0 saturated heterocycles. The molecule has 0 saturated carbocycles. The molecule has 0 spiro atoms. The van der Waals surface area contributed by atoms with Crippen LogP contribution in [0.4, 0.5) is 8.87 Å². The van der Waals surface area contributed by atoms with Gasteiger partial charge in [-0.15, -0.1) is 9.60 Å². The predicted octanol–water partition coefficient (Wildman–Crippen LogP) is 0.772. The zero-order valence-corrected chi connectivity index (χ0v) is 3.62. The van der Waals surface area contributed by atoms with E-state index >= 15 is 0 Å². The molecule has 0 atom stereocenters. The Morgan fingerprint density at radius 2 is 2.17 bits per heavy atom. The molecular formula is C3H7F2N. The Hall–Kier alpha value is -0.180. The highest BCUT2D eigenvalue weighted by molar-refractivity contribution is 4.27. The molecule has 0 rings (SSSR count). The molecule has 0 amide bonds. The number of rotatable bonds is 2. The van der Waals surface area contributed by atoms with Crippen LogP contribution < -0.4 is 0 Å². The Balaban J connectivity index is 2.63. The average molecular weight is 95.1 g/mol. The van der Waals surface area contributed by atoms with E-state index in [2.05, 4.69) is 0 Å². The minimum atomic E-state index is -0.618. The van der Waals surface area contributed by atoms with Gasteiger partial charge in [0.2, 0.25) is 0 Å². The van der Waals surface area contributed by atoms with Crippen LogP contribution in [0.25, 0.3) is 0 Å². The van der Waals surface area contributed by atoms with Gasteiger partial charge in [-0.2, -0.15) is 0 Å². The lowest BCUT2D eigenvalue weighted by molar-refractivity contribution is 0.0531. The van der Waals surface area contributed by atoms with Crippen molar-refractivity contribution in [2.75, 3.05) is 20.3 Å². The van der Waals surface area contributed by atoms with Crippen LogP contribution in [-0.2, 0) is 0 Å². The van der Waals surface area contributed by atoms with Crippen LogP contribution in [-0.4, -0.2) is 25.4 Å². The molecule has 0 aromatic carbocycles. The van der Waals surface area contributed by atoms with Gasteiger partial charge in [0.1, 0.15) is 6.67 Å². The second-order valence-electron chi connectivity index (χ2n) is 1.02. The molecule has 0 heterocycles. The van der Waals surface area contributed by atoms with Gasteiger partial charge in [-0.1, -0.05) is 0 Å². The largest absolute Gasteiger partial charge is 0.250 e. The maximum Gasteiger partial charge on any atom is 0.105 e. The summed E-state index contributed by atoms with van der Waals surface area (Å²) < 4.78 is 22.3. The molecule has 0 N–H and O–H groups in total. The SMILES string of the molecule is CN(F)CCF. The standard InChI is InChI=1S/C3H7F2N/c1-6(5)3-2-4/h2-3H2,1H3. The first-order valence-corrected chi connectivity index (χ1v) is 1.70. The Morgan fingerprint density at radius 3 is 2.17 bits per heavy atom. The zero-order valence-electron chi connectivity index (χ0n) is 3.62. The van der Waals surface area contributed by atoms with Gasteiger partial charge in [-0.3, -0.25) is 0 Å². The van der Waals surface area contributed by atoms with Crippen molar-refractivity contribution in [3.8, 4) is 0 Å². The predicted molar refractivity (Wildman–Crippen MR) is 19.7 cm³/mol. The third-order valence-electron chi connectivity index (χ3n) is 0.393. The summed E-state index contributed by atoms with van der Waals surface area (Å²) in [6, 6.07) is 0. The normalized spacial score (nSPS) is 10.0. The Morgan fingerprint density at radius 1 is 1.67 bits per heavy atom. The topological polar surface area (TPSA) is 3.24 Å². The van der Waals surface area contributed by atoms with Crippen molar-refractivity contribution in [2.24, 2.45) is 0 Å². The van der Waals surface area contributed by atoms with Gasteiger partial charge in [-0.05, 0) is 0 Å². The van der Waals surface area contributed by atoms with Crippen LogP contribution in [0, 0.1) is 0 Å². The summed E-state index contributed by atoms with van der Waals surface area (Å²) >= 11 is 0. The van der Waals surface area contributed by atoms with Crippen LogP contribution in [0.3, 0.4) is 0 Å². The van der Waals surface area contributed by atoms with E-state index in [0.717, 1.165) is 0 Å². The minimum Gasteiger partial charge on any atom is -0.250 e. The second kappa shape index (κ2) is 3.03. The van der Waals surface area contributed by atoms with E-state index in [9.17, 15) is 8.87 Å². The molecule has 0 aliphatic heterocycles. The number of hydrogen-bond acceptors (Lipinski definition) is 1. The molecule has 0 aromatic heterocycles. The van der Waals surface area contributed by atoms with E-state index in [-0.39, 0.29) is 6.54 Å². The Labute approximate surface area is 35.5 Å². The Bertz CT molecular complexity index is 30.0. The first-order chi connectivity index (χ1) is 2.77. The van der Waals surface area contributed by atoms with Gasteiger partial charge in [0.25, 0.3) is 0 Å². The maximum absolute atomic E-state index is 11.3. The lowest BCUT2D eigenvalue weighted by Gasteiger charge is -1.95. The molecule has 0 bridgehead atoms. The van der Waals surface area contributed by atoms with Crippen molar-refractivity contribution in [1.29, 1.82) is 0 Å². The summed E-state index contributed by atoms with van der Waals surface area (Å²) in [6.07, 6.45) is 0. The van der Waals surface area contributed by atoms with Gasteiger partial charge in [0.05, 0.1) is 6.54 Å². The van der Waals surface area contributed by atoms with Gasteiger partial charge in [0, 0.05) is 7.05 Å². The van der Waals surface area contributed by atoms with E-state index in [1.165, 1.54) is 7.05 Å². The lowest BCUT2D eigenvalue weighted by Crippen LogP contribution is -2.08. The molecule has 1 nitrogen and oxygen atoms in total. The smallest absolute Gasteiger partial charge is 0.105 e. The molecule has 0 radical (unpaired) electrons. The Kier molecular flexibility index (Phi) is 2.94. The fourth-order valence-corrected chi connectivity index (χ4v) is 0.116. The highest BCUT2D eigenvalue weighted by Gasteiger charge is 1.87. The fraction of sp³-hybridized carbons (Fsp3) is 1.00. The molecule has 0 aliphatic carbocycles. The van der Waals surface area contributed by atoms with Crippen molar-refractivity contribution in [1.82, 2.24) is 5.12 Å². The van der Waals surface area contributed by atoms with Crippen molar-refractivity contribution < 1.29 is 8.87 Å². The number of halogens is 2. The summed E-state index contributed by atoms with van der Waals surface area (Å²) in [5.41, 5.74) is 0. The monoisotopic (exact) mass is 95.1 g/mol. The molecular weight excluding hydrogens is 88.0 g/mol. The minimum absolute atomic E-state index is 0.125. The summed E-state index contributed by atoms with van der Waals surface area (Å²) in [6.45, 7) is -0.743. The molecule has 0 aliphatic rings. The van der Waals surface area contributed by atoms with Gasteiger partial charge in [-0.25, -0.2) is 4.39 Å². The summed E-state index contributed by atoms with van der Waals surface area (Å²) in [5, 5.41) is 0.306. The number of hydrogen-bond donors (Lipinski definition) is 0. The van der Waals surface area contributed by atoms with Crippen LogP contribution in [0.5, 0.6) is 0 Å². The molecule has 0 unspecified atom stereocenters. The van der Waals surface area contributed by atoms with Crippen LogP contribution in [0.2, 0.25) is 0 Å². The van der Waals surface area contributed by atoms with Gasteiger partial charge >= 0.3 is 0 Å². The van der Waals surface area contributed by atoms with Gasteiger partial charge in [0.15, 0.2) is 0 Å². The number of nitrogens with zero attached hydrogens (tertiary/aromatic N) is 1. The van der Waals surface area contributed by atoms with E-state index in [4.69, 9.17) is 0 Å². The van der Waals surface area contributed by atoms with Crippen molar-refractivity contribution in [3.05, 3.63) is 0 Å². The second-order valence-corrected chi connectivity index (χ2v) is 1.02. The van der Waals surface area contributed by atoms with Crippen molar-refractivity contribution >= 4 is 0 Å². The maximum atomic E-state index is 11.3. The highest BCUT2D eigenvalue weighted by atomic mass is 19.2. The third-order valence-corrected chi connectivity index (χ3v) is 0.393. The fourth-order valence-electron chi connectivity index (χ4n) is 0.116. The van der Waals surface area contributed by atoms with Crippen LogP contribution >= 0.6 is 0 Å². The van der Waals surface area contributed by atoms with Crippen molar-refractivity contribution in [3.63, 3.8) is 0 Å². The van der Waals surface area contributed by atoms with Crippen LogP contribution in [0.1, 0.15) is 0 Å². The average Bonchev–Trinajstić information content (AvgIpc) is 1.35. The third kappa shape index (κ3) is 3.82. The lowest BCUT2D eigenvalue weighted by atomic mass is 10.7. The van der Waals surface area contributed by atoms with Gasteiger partial charge < -0.3 is 0 Å². The van der Waals surface area contributed by atoms with E-state index in [0.29, 0.717) is 5.12 Å². The summed E-state index contributed by atoms with van der Waals surface area (Å²) in [5.74, 6) is 0. The summed E-state index contributed by atoms with van der Waals surface area (Å²) in [4.78, 5) is 0. The quantitative estimate of drug-likeness (QED) is 0.458. The zero-order chi connectivity index (χ0) is 4.99. The molecule has 6 heavy (non-hydrogen) atoms. The van der Waals surface area contributed by atoms with E-state index in [1.807, 2.05) is 0 Å². The van der Waals surface area contributed by atoms with E-state index < -0.39 is 6.67 Å². The molecule has 0 aromatic rings. The number of alkyl halides is 1. The van der Waals surface area contributed by atoms with E-state index in [1.54, 1.807) is 0 Å². The highest BCUT2D eigenvalue weighted by Crippen LogP contribution is 1.78.